The lowest BCUT2D eigenvalue weighted by atomic mass is 10.0. The molecule has 0 bridgehead atoms. The van der Waals surface area contributed by atoms with Crippen LogP contribution >= 0.6 is 11.3 Å². The standard InChI is InChI=1S/C14H5F6N3O3S/c15-13(16,17)8-1-6(2-9(4-8)14(18,19)20)11-21-12(26-22-11)7-3-10(23(24)25)27-5-7/h1-5H. The van der Waals surface area contributed by atoms with Crippen molar-refractivity contribution in [3.63, 3.8) is 0 Å². The van der Waals surface area contributed by atoms with Gasteiger partial charge in [0.15, 0.2) is 0 Å². The van der Waals surface area contributed by atoms with Gasteiger partial charge in [-0.1, -0.05) is 16.5 Å². The monoisotopic (exact) mass is 409 g/mol. The maximum atomic E-state index is 12.9. The summed E-state index contributed by atoms with van der Waals surface area (Å²) in [6, 6.07) is 1.99. The summed E-state index contributed by atoms with van der Waals surface area (Å²) in [5, 5.41) is 15.1. The molecular formula is C14H5F6N3O3S. The molecule has 0 saturated carbocycles. The van der Waals surface area contributed by atoms with Crippen molar-refractivity contribution >= 4 is 16.3 Å². The lowest BCUT2D eigenvalue weighted by Crippen LogP contribution is -2.11. The number of nitro groups is 1. The van der Waals surface area contributed by atoms with Gasteiger partial charge in [-0.25, -0.2) is 0 Å². The normalized spacial score (nSPS) is 12.4. The summed E-state index contributed by atoms with van der Waals surface area (Å²) in [4.78, 5) is 13.7. The van der Waals surface area contributed by atoms with E-state index in [1.807, 2.05) is 0 Å². The Kier molecular flexibility index (Phi) is 4.41. The third-order valence-electron chi connectivity index (χ3n) is 3.28. The first-order chi connectivity index (χ1) is 12.4. The van der Waals surface area contributed by atoms with Gasteiger partial charge in [0.05, 0.1) is 21.6 Å². The summed E-state index contributed by atoms with van der Waals surface area (Å²) in [6.07, 6.45) is -10.0. The molecule has 0 atom stereocenters. The highest BCUT2D eigenvalue weighted by Crippen LogP contribution is 2.38. The minimum absolute atomic E-state index is 0.0211. The van der Waals surface area contributed by atoms with Crippen LogP contribution in [0.15, 0.2) is 34.2 Å². The first-order valence-corrected chi connectivity index (χ1v) is 7.70. The molecule has 0 fully saturated rings. The zero-order valence-corrected chi connectivity index (χ0v) is 13.4. The lowest BCUT2D eigenvalue weighted by Gasteiger charge is -2.12. The molecule has 0 aliphatic heterocycles. The second kappa shape index (κ2) is 6.33. The van der Waals surface area contributed by atoms with E-state index in [1.54, 1.807) is 0 Å². The molecule has 0 unspecified atom stereocenters. The summed E-state index contributed by atoms with van der Waals surface area (Å²) < 4.78 is 82.2. The fraction of sp³-hybridized carbons (Fsp3) is 0.143. The van der Waals surface area contributed by atoms with E-state index in [4.69, 9.17) is 4.52 Å². The Balaban J connectivity index is 2.06. The Bertz CT molecular complexity index is 976. The molecule has 6 nitrogen and oxygen atoms in total. The molecule has 1 aromatic carbocycles. The maximum absolute atomic E-state index is 12.9. The third kappa shape index (κ3) is 3.92. The smallest absolute Gasteiger partial charge is 0.334 e. The number of halogens is 6. The number of aromatic nitrogens is 2. The number of hydrogen-bond acceptors (Lipinski definition) is 6. The fourth-order valence-electron chi connectivity index (χ4n) is 2.07. The summed E-state index contributed by atoms with van der Waals surface area (Å²) in [7, 11) is 0. The Hall–Kier alpha value is -2.96. The maximum Gasteiger partial charge on any atom is 0.416 e. The molecule has 27 heavy (non-hydrogen) atoms. The van der Waals surface area contributed by atoms with Gasteiger partial charge in [0.1, 0.15) is 0 Å². The quantitative estimate of drug-likeness (QED) is 0.328. The molecule has 0 amide bonds. The molecule has 3 aromatic rings. The summed E-state index contributed by atoms with van der Waals surface area (Å²) in [6.45, 7) is 0. The van der Waals surface area contributed by atoms with E-state index in [0.29, 0.717) is 12.1 Å². The zero-order valence-electron chi connectivity index (χ0n) is 12.6. The van der Waals surface area contributed by atoms with E-state index in [1.165, 1.54) is 5.38 Å². The molecule has 2 heterocycles. The number of rotatable bonds is 3. The average molecular weight is 409 g/mol. The zero-order chi connectivity index (χ0) is 20.0. The van der Waals surface area contributed by atoms with Crippen LogP contribution in [0.4, 0.5) is 31.3 Å². The van der Waals surface area contributed by atoms with Gasteiger partial charge >= 0.3 is 17.4 Å². The predicted molar refractivity (Wildman–Crippen MR) is 79.7 cm³/mol. The van der Waals surface area contributed by atoms with E-state index in [0.717, 1.165) is 17.4 Å². The fourth-order valence-corrected chi connectivity index (χ4v) is 2.77. The van der Waals surface area contributed by atoms with Gasteiger partial charge in [-0.15, -0.1) is 0 Å². The van der Waals surface area contributed by atoms with E-state index >= 15 is 0 Å². The molecule has 0 aliphatic carbocycles. The van der Waals surface area contributed by atoms with Crippen molar-refractivity contribution in [2.45, 2.75) is 12.4 Å². The molecule has 0 N–H and O–H groups in total. The molecule has 13 heteroatoms. The van der Waals surface area contributed by atoms with Gasteiger partial charge in [-0.2, -0.15) is 31.3 Å². The SMILES string of the molecule is O=[N+]([O-])c1cc(-c2nc(-c3cc(C(F)(F)F)cc(C(F)(F)F)c3)no2)cs1. The Morgan fingerprint density at radius 1 is 0.963 bits per heavy atom. The first kappa shape index (κ1) is 18.8. The Morgan fingerprint density at radius 2 is 1.56 bits per heavy atom. The molecule has 0 spiro atoms. The molecule has 0 radical (unpaired) electrons. The summed E-state index contributed by atoms with van der Waals surface area (Å²) in [5.74, 6) is -0.796. The molecular weight excluding hydrogens is 404 g/mol. The highest BCUT2D eigenvalue weighted by molar-refractivity contribution is 7.13. The van der Waals surface area contributed by atoms with Gasteiger partial charge in [-0.3, -0.25) is 10.1 Å². The predicted octanol–water partition coefficient (Wildman–Crippen LogP) is 5.41. The Labute approximate surface area is 149 Å². The van der Waals surface area contributed by atoms with Crippen molar-refractivity contribution in [1.82, 2.24) is 10.1 Å². The van der Waals surface area contributed by atoms with Crippen LogP contribution < -0.4 is 0 Å². The van der Waals surface area contributed by atoms with Crippen LogP contribution in [0.5, 0.6) is 0 Å². The first-order valence-electron chi connectivity index (χ1n) is 6.82. The Morgan fingerprint density at radius 3 is 2.04 bits per heavy atom. The highest BCUT2D eigenvalue weighted by atomic mass is 32.1. The summed E-state index contributed by atoms with van der Waals surface area (Å²) >= 11 is 0.745. The largest absolute Gasteiger partial charge is 0.416 e. The molecule has 3 rings (SSSR count). The lowest BCUT2D eigenvalue weighted by molar-refractivity contribution is -0.380. The number of thiophene rings is 1. The molecule has 142 valence electrons. The van der Waals surface area contributed by atoms with Crippen molar-refractivity contribution in [3.05, 3.63) is 50.9 Å². The highest BCUT2D eigenvalue weighted by Gasteiger charge is 2.37. The van der Waals surface area contributed by atoms with Crippen molar-refractivity contribution in [2.75, 3.05) is 0 Å². The average Bonchev–Trinajstić information content (AvgIpc) is 3.22. The second-order valence-electron chi connectivity index (χ2n) is 5.15. The van der Waals surface area contributed by atoms with Crippen molar-refractivity contribution < 1.29 is 35.8 Å². The van der Waals surface area contributed by atoms with Crippen LogP contribution in [0.25, 0.3) is 22.8 Å². The summed E-state index contributed by atoms with van der Waals surface area (Å²) in [5.41, 5.74) is -3.49. The van der Waals surface area contributed by atoms with Crippen molar-refractivity contribution in [1.29, 1.82) is 0 Å². The molecule has 0 saturated heterocycles. The van der Waals surface area contributed by atoms with Crippen LogP contribution in [-0.4, -0.2) is 15.1 Å². The van der Waals surface area contributed by atoms with E-state index in [2.05, 4.69) is 10.1 Å². The van der Waals surface area contributed by atoms with Crippen LogP contribution in [0.3, 0.4) is 0 Å². The third-order valence-corrected chi connectivity index (χ3v) is 4.16. The minimum Gasteiger partial charge on any atom is -0.334 e. The van der Waals surface area contributed by atoms with Crippen molar-refractivity contribution in [2.24, 2.45) is 0 Å². The minimum atomic E-state index is -5.02. The van der Waals surface area contributed by atoms with Crippen LogP contribution in [-0.2, 0) is 12.4 Å². The molecule has 2 aromatic heterocycles. The second-order valence-corrected chi connectivity index (χ2v) is 6.04. The van der Waals surface area contributed by atoms with Gasteiger partial charge in [0.2, 0.25) is 5.82 Å². The van der Waals surface area contributed by atoms with E-state index < -0.39 is 39.8 Å². The van der Waals surface area contributed by atoms with Crippen LogP contribution in [0.1, 0.15) is 11.1 Å². The van der Waals surface area contributed by atoms with Crippen LogP contribution in [0.2, 0.25) is 0 Å². The number of alkyl halides is 6. The number of hydrogen-bond donors (Lipinski definition) is 0. The number of nitrogens with zero attached hydrogens (tertiary/aromatic N) is 3. The van der Waals surface area contributed by atoms with E-state index in [-0.39, 0.29) is 22.5 Å². The van der Waals surface area contributed by atoms with Gasteiger partial charge in [-0.05, 0) is 18.2 Å². The number of benzene rings is 1. The topological polar surface area (TPSA) is 82.1 Å². The van der Waals surface area contributed by atoms with Gasteiger partial charge in [0.25, 0.3) is 5.89 Å². The van der Waals surface area contributed by atoms with Gasteiger partial charge < -0.3 is 4.52 Å². The molecule has 0 aliphatic rings. The van der Waals surface area contributed by atoms with Crippen LogP contribution in [0, 0.1) is 10.1 Å². The van der Waals surface area contributed by atoms with Gasteiger partial charge in [0, 0.05) is 17.0 Å². The van der Waals surface area contributed by atoms with E-state index in [9.17, 15) is 36.5 Å². The van der Waals surface area contributed by atoms with Crippen molar-refractivity contribution in [3.8, 4) is 22.8 Å².